The summed E-state index contributed by atoms with van der Waals surface area (Å²) in [4.78, 5) is 0. The number of hydrogen-bond donors (Lipinski definition) is 0. The predicted molar refractivity (Wildman–Crippen MR) is 60.1 cm³/mol. The molecular weight excluding hydrogens is 483 g/mol. The van der Waals surface area contributed by atoms with E-state index in [2.05, 4.69) is 11.3 Å². The number of alkyl halides is 17. The number of hydrogen-bond acceptors (Lipinski definition) is 1. The van der Waals surface area contributed by atoms with Crippen LogP contribution in [0.25, 0.3) is 0 Å². The Bertz CT molecular complexity index is 644. The standard InChI is InChI=1S/C12H6F17O/c1-3-30-4(2)5(13,14)6(15,16)7(17,18)8(19,20)9(21,22)10(23,24)11(25,26)12(27,28)29/h2H,3H2,1H3. The molecule has 1 nitrogen and oxygen atoms in total. The lowest BCUT2D eigenvalue weighted by Crippen LogP contribution is -2.74. The highest BCUT2D eigenvalue weighted by atomic mass is 19.4. The van der Waals surface area contributed by atoms with Crippen LogP contribution in [0.15, 0.2) is 5.76 Å². The van der Waals surface area contributed by atoms with Crippen molar-refractivity contribution in [2.45, 2.75) is 54.6 Å². The maximum Gasteiger partial charge on any atom is 0.460 e. The van der Waals surface area contributed by atoms with E-state index in [0.717, 1.165) is 0 Å². The van der Waals surface area contributed by atoms with E-state index in [9.17, 15) is 74.6 Å². The van der Waals surface area contributed by atoms with Crippen molar-refractivity contribution in [2.24, 2.45) is 0 Å². The van der Waals surface area contributed by atoms with Gasteiger partial charge in [-0.1, -0.05) is 0 Å². The van der Waals surface area contributed by atoms with Gasteiger partial charge in [0, 0.05) is 0 Å². The quantitative estimate of drug-likeness (QED) is 0.271. The molecule has 0 rings (SSSR count). The van der Waals surface area contributed by atoms with Gasteiger partial charge in [-0.05, 0) is 13.5 Å². The third-order valence-corrected chi connectivity index (χ3v) is 3.33. The summed E-state index contributed by atoms with van der Waals surface area (Å²) in [6.45, 7) is 3.64. The predicted octanol–water partition coefficient (Wildman–Crippen LogP) is 6.35. The average Bonchev–Trinajstić information content (AvgIpc) is 2.52. The summed E-state index contributed by atoms with van der Waals surface area (Å²) >= 11 is 0. The molecule has 0 saturated heterocycles. The summed E-state index contributed by atoms with van der Waals surface area (Å²) in [7, 11) is 0. The lowest BCUT2D eigenvalue weighted by atomic mass is 9.88. The van der Waals surface area contributed by atoms with Crippen LogP contribution in [0.3, 0.4) is 0 Å². The van der Waals surface area contributed by atoms with Crippen LogP contribution >= 0.6 is 0 Å². The van der Waals surface area contributed by atoms with Crippen LogP contribution in [0, 0.1) is 6.58 Å². The van der Waals surface area contributed by atoms with E-state index >= 15 is 0 Å². The highest BCUT2D eigenvalue weighted by molar-refractivity contribution is 5.18. The van der Waals surface area contributed by atoms with Crippen LogP contribution in [0.1, 0.15) is 6.92 Å². The Morgan fingerprint density at radius 2 is 0.800 bits per heavy atom. The van der Waals surface area contributed by atoms with Crippen LogP contribution in [0.2, 0.25) is 0 Å². The molecule has 179 valence electrons. The lowest BCUT2D eigenvalue weighted by molar-refractivity contribution is -0.460. The van der Waals surface area contributed by atoms with Gasteiger partial charge in [-0.15, -0.1) is 0 Å². The van der Waals surface area contributed by atoms with Crippen LogP contribution in [-0.4, -0.2) is 54.2 Å². The zero-order chi connectivity index (χ0) is 25.0. The van der Waals surface area contributed by atoms with Gasteiger partial charge in [0.25, 0.3) is 0 Å². The van der Waals surface area contributed by atoms with Gasteiger partial charge in [0.05, 0.1) is 6.61 Å². The van der Waals surface area contributed by atoms with Crippen molar-refractivity contribution in [3.8, 4) is 0 Å². The molecule has 0 heterocycles. The topological polar surface area (TPSA) is 9.23 Å². The third kappa shape index (κ3) is 3.42. The minimum absolute atomic E-state index is 0.682. The maximum atomic E-state index is 13.3. The number of ether oxygens (including phenoxy) is 1. The lowest BCUT2D eigenvalue weighted by Gasteiger charge is -2.42. The summed E-state index contributed by atoms with van der Waals surface area (Å²) < 4.78 is 223. The Hall–Kier alpha value is -1.65. The number of halogens is 17. The molecule has 0 aliphatic heterocycles. The summed E-state index contributed by atoms with van der Waals surface area (Å²) in [5.74, 6) is -60.1. The molecule has 1 radical (unpaired) electrons. The molecule has 0 fully saturated rings. The van der Waals surface area contributed by atoms with Crippen molar-refractivity contribution < 1.29 is 79.4 Å². The van der Waals surface area contributed by atoms with Gasteiger partial charge in [0.1, 0.15) is 0 Å². The Kier molecular flexibility index (Phi) is 6.81. The molecule has 0 N–H and O–H groups in total. The van der Waals surface area contributed by atoms with E-state index in [-0.39, 0.29) is 0 Å². The minimum Gasteiger partial charge on any atom is -0.492 e. The van der Waals surface area contributed by atoms with Crippen LogP contribution in [0.5, 0.6) is 0 Å². The largest absolute Gasteiger partial charge is 0.492 e. The second-order valence-electron chi connectivity index (χ2n) is 5.32. The Balaban J connectivity index is 6.73. The fraction of sp³-hybridized carbons (Fsp3) is 0.833. The van der Waals surface area contributed by atoms with Crippen molar-refractivity contribution in [3.05, 3.63) is 12.3 Å². The molecule has 0 aliphatic rings. The molecule has 0 aromatic rings. The van der Waals surface area contributed by atoms with Gasteiger partial charge < -0.3 is 4.74 Å². The van der Waals surface area contributed by atoms with Crippen LogP contribution < -0.4 is 0 Å². The molecule has 0 saturated carbocycles. The smallest absolute Gasteiger partial charge is 0.460 e. The highest BCUT2D eigenvalue weighted by Crippen LogP contribution is 2.64. The van der Waals surface area contributed by atoms with E-state index in [4.69, 9.17) is 0 Å². The third-order valence-electron chi connectivity index (χ3n) is 3.33. The zero-order valence-corrected chi connectivity index (χ0v) is 13.6. The molecule has 0 amide bonds. The summed E-state index contributed by atoms with van der Waals surface area (Å²) in [6.07, 6.45) is -7.79. The van der Waals surface area contributed by atoms with E-state index in [0.29, 0.717) is 6.92 Å². The summed E-state index contributed by atoms with van der Waals surface area (Å²) in [5, 5.41) is 0. The van der Waals surface area contributed by atoms with Gasteiger partial charge in [-0.25, -0.2) is 0 Å². The molecule has 0 bridgehead atoms. The normalized spacial score (nSPS) is 15.9. The van der Waals surface area contributed by atoms with Gasteiger partial charge in [0.15, 0.2) is 5.76 Å². The minimum atomic E-state index is -8.66. The van der Waals surface area contributed by atoms with Crippen molar-refractivity contribution in [3.63, 3.8) is 0 Å². The summed E-state index contributed by atoms with van der Waals surface area (Å²) in [6, 6.07) is 0. The van der Waals surface area contributed by atoms with Crippen LogP contribution in [0.4, 0.5) is 74.6 Å². The molecule has 0 aromatic carbocycles. The van der Waals surface area contributed by atoms with Crippen molar-refractivity contribution >= 4 is 0 Å². The van der Waals surface area contributed by atoms with Gasteiger partial charge in [0.2, 0.25) is 0 Å². The van der Waals surface area contributed by atoms with Crippen LogP contribution in [-0.2, 0) is 4.74 Å². The Morgan fingerprint density at radius 1 is 0.533 bits per heavy atom. The van der Waals surface area contributed by atoms with Crippen molar-refractivity contribution in [1.82, 2.24) is 0 Å². The molecule has 18 heteroatoms. The Labute approximate surface area is 154 Å². The molecule has 0 unspecified atom stereocenters. The van der Waals surface area contributed by atoms with E-state index in [1.807, 2.05) is 0 Å². The fourth-order valence-corrected chi connectivity index (χ4v) is 1.56. The molecule has 30 heavy (non-hydrogen) atoms. The van der Waals surface area contributed by atoms with E-state index in [1.165, 1.54) is 0 Å². The first kappa shape index (κ1) is 28.3. The maximum absolute atomic E-state index is 13.3. The fourth-order valence-electron chi connectivity index (χ4n) is 1.56. The first-order chi connectivity index (χ1) is 12.7. The molecule has 0 atom stereocenters. The highest BCUT2D eigenvalue weighted by Gasteiger charge is 2.95. The van der Waals surface area contributed by atoms with Crippen molar-refractivity contribution in [1.29, 1.82) is 0 Å². The second-order valence-corrected chi connectivity index (χ2v) is 5.32. The second kappa shape index (κ2) is 7.20. The van der Waals surface area contributed by atoms with Gasteiger partial charge in [-0.3, -0.25) is 0 Å². The molecular formula is C12H6F17O. The monoisotopic (exact) mass is 489 g/mol. The summed E-state index contributed by atoms with van der Waals surface area (Å²) in [5.41, 5.74) is 0. The molecule has 0 aliphatic carbocycles. The SMILES string of the molecule is [CH]=C(OCC)C(F)(F)C(F)(F)C(F)(F)C(F)(F)C(F)(F)C(F)(F)C(F)(F)C(F)(F)F. The first-order valence-electron chi connectivity index (χ1n) is 6.70. The zero-order valence-electron chi connectivity index (χ0n) is 13.6. The van der Waals surface area contributed by atoms with Gasteiger partial charge >= 0.3 is 47.6 Å². The molecule has 0 spiro atoms. The molecule has 0 aromatic heterocycles. The first-order valence-corrected chi connectivity index (χ1v) is 6.70. The number of rotatable bonds is 9. The van der Waals surface area contributed by atoms with Gasteiger partial charge in [-0.2, -0.15) is 74.6 Å². The Morgan fingerprint density at radius 3 is 1.07 bits per heavy atom. The average molecular weight is 489 g/mol. The van der Waals surface area contributed by atoms with E-state index < -0.39 is 60.0 Å². The number of allylic oxidation sites excluding steroid dienone is 1. The van der Waals surface area contributed by atoms with Crippen molar-refractivity contribution in [2.75, 3.05) is 6.61 Å². The van der Waals surface area contributed by atoms with E-state index in [1.54, 1.807) is 0 Å².